The van der Waals surface area contributed by atoms with Crippen molar-refractivity contribution < 1.29 is 47.7 Å². The molecule has 0 atom stereocenters. The highest BCUT2D eigenvalue weighted by atomic mass is 16.6. The van der Waals surface area contributed by atoms with Gasteiger partial charge in [-0.1, -0.05) is 12.7 Å². The van der Waals surface area contributed by atoms with Crippen molar-refractivity contribution in [2.45, 2.75) is 6.92 Å². The largest absolute Gasteiger partial charge is 0.423 e. The van der Waals surface area contributed by atoms with E-state index in [1.807, 2.05) is 0 Å². The molecule has 0 N–H and O–H groups in total. The van der Waals surface area contributed by atoms with Gasteiger partial charge in [0.1, 0.15) is 11.5 Å². The van der Waals surface area contributed by atoms with E-state index in [0.29, 0.717) is 0 Å². The summed E-state index contributed by atoms with van der Waals surface area (Å²) in [6.45, 7) is 4.83. The third kappa shape index (κ3) is 4.53. The van der Waals surface area contributed by atoms with Crippen LogP contribution in [0.15, 0.2) is 77.9 Å². The molecule has 10 nitrogen and oxygen atoms in total. The van der Waals surface area contributed by atoms with Crippen LogP contribution in [0.5, 0.6) is 11.5 Å². The monoisotopic (exact) mass is 474 g/mol. The molecule has 0 amide bonds. The quantitative estimate of drug-likeness (QED) is 0.266. The first-order valence-corrected chi connectivity index (χ1v) is 9.94. The van der Waals surface area contributed by atoms with Crippen molar-refractivity contribution in [1.29, 1.82) is 0 Å². The maximum Gasteiger partial charge on any atom is 0.346 e. The molecule has 2 aromatic rings. The summed E-state index contributed by atoms with van der Waals surface area (Å²) in [5.41, 5.74) is -0.0678. The summed E-state index contributed by atoms with van der Waals surface area (Å²) in [6, 6.07) is 9.31. The summed E-state index contributed by atoms with van der Waals surface area (Å²) in [5.74, 6) is -4.71. The Balaban J connectivity index is 1.42. The van der Waals surface area contributed by atoms with Gasteiger partial charge in [-0.05, 0) is 55.5 Å². The van der Waals surface area contributed by atoms with Crippen LogP contribution in [0.2, 0.25) is 0 Å². The minimum absolute atomic E-state index is 0.0233. The normalized spacial score (nSPS) is 14.9. The predicted octanol–water partition coefficient (Wildman–Crippen LogP) is 2.63. The average molecular weight is 474 g/mol. The van der Waals surface area contributed by atoms with Crippen molar-refractivity contribution in [3.05, 3.63) is 94.6 Å². The molecular formula is C25H14O10. The van der Waals surface area contributed by atoms with E-state index in [-0.39, 0.29) is 44.9 Å². The number of cyclic esters (lactones) is 4. The highest BCUT2D eigenvalue weighted by molar-refractivity contribution is 6.16. The lowest BCUT2D eigenvalue weighted by Crippen LogP contribution is -2.11. The smallest absolute Gasteiger partial charge is 0.346 e. The van der Waals surface area contributed by atoms with E-state index in [1.165, 1.54) is 55.5 Å². The van der Waals surface area contributed by atoms with E-state index in [2.05, 4.69) is 16.1 Å². The van der Waals surface area contributed by atoms with Crippen LogP contribution in [0.4, 0.5) is 0 Å². The van der Waals surface area contributed by atoms with Crippen molar-refractivity contribution in [1.82, 2.24) is 0 Å². The van der Waals surface area contributed by atoms with Crippen molar-refractivity contribution in [2.24, 2.45) is 0 Å². The fourth-order valence-electron chi connectivity index (χ4n) is 3.16. The van der Waals surface area contributed by atoms with Crippen molar-refractivity contribution in [2.75, 3.05) is 0 Å². The first-order chi connectivity index (χ1) is 16.7. The molecule has 0 spiro atoms. The Hall–Kier alpha value is -5.12. The standard InChI is InChI=1S/C25H14O10/c1-3-16-18(24(30)34-22(16)28)10-12(2)20(26)32-14-5-7-15(8-6-14)33-21(27)13-4-9-17-19(11-13)25(31)35-23(17)29/h3-11H,1H2,2H3/b12-10+. The summed E-state index contributed by atoms with van der Waals surface area (Å²) in [7, 11) is 0. The Kier molecular flexibility index (Phi) is 5.94. The molecule has 0 bridgehead atoms. The molecule has 0 aromatic heterocycles. The lowest BCUT2D eigenvalue weighted by Gasteiger charge is -2.07. The Labute approximate surface area is 197 Å². The fourth-order valence-corrected chi connectivity index (χ4v) is 3.16. The van der Waals surface area contributed by atoms with Crippen LogP contribution in [0.3, 0.4) is 0 Å². The highest BCUT2D eigenvalue weighted by Crippen LogP contribution is 2.24. The molecule has 2 heterocycles. The zero-order valence-corrected chi connectivity index (χ0v) is 18.0. The molecule has 0 aliphatic carbocycles. The summed E-state index contributed by atoms with van der Waals surface area (Å²) < 4.78 is 19.4. The zero-order chi connectivity index (χ0) is 25.3. The van der Waals surface area contributed by atoms with E-state index in [0.717, 1.165) is 6.08 Å². The highest BCUT2D eigenvalue weighted by Gasteiger charge is 2.31. The first-order valence-electron chi connectivity index (χ1n) is 9.94. The van der Waals surface area contributed by atoms with Gasteiger partial charge >= 0.3 is 35.8 Å². The van der Waals surface area contributed by atoms with Crippen LogP contribution in [0.25, 0.3) is 0 Å². The lowest BCUT2D eigenvalue weighted by molar-refractivity contribution is -0.150. The number of fused-ring (bicyclic) bond motifs is 1. The number of esters is 6. The molecule has 2 aliphatic rings. The molecule has 0 saturated heterocycles. The predicted molar refractivity (Wildman–Crippen MR) is 115 cm³/mol. The molecule has 0 unspecified atom stereocenters. The number of hydrogen-bond donors (Lipinski definition) is 0. The van der Waals surface area contributed by atoms with Gasteiger partial charge in [0.05, 0.1) is 27.8 Å². The molecule has 2 aliphatic heterocycles. The van der Waals surface area contributed by atoms with E-state index >= 15 is 0 Å². The number of carbonyl (C=O) groups is 6. The molecule has 10 heteroatoms. The molecule has 2 aromatic carbocycles. The van der Waals surface area contributed by atoms with E-state index in [4.69, 9.17) is 9.47 Å². The zero-order valence-electron chi connectivity index (χ0n) is 18.0. The number of carbonyl (C=O) groups excluding carboxylic acids is 6. The minimum Gasteiger partial charge on any atom is -0.423 e. The van der Waals surface area contributed by atoms with Gasteiger partial charge < -0.3 is 18.9 Å². The molecule has 4 rings (SSSR count). The van der Waals surface area contributed by atoms with Crippen LogP contribution in [-0.2, 0) is 23.9 Å². The molecule has 35 heavy (non-hydrogen) atoms. The second-order valence-electron chi connectivity index (χ2n) is 7.22. The van der Waals surface area contributed by atoms with Gasteiger partial charge in [0.25, 0.3) is 0 Å². The number of rotatable bonds is 6. The Bertz CT molecular complexity index is 1410. The van der Waals surface area contributed by atoms with Crippen molar-refractivity contribution in [3.63, 3.8) is 0 Å². The van der Waals surface area contributed by atoms with Gasteiger partial charge in [-0.2, -0.15) is 0 Å². The third-order valence-electron chi connectivity index (χ3n) is 4.93. The van der Waals surface area contributed by atoms with Crippen LogP contribution < -0.4 is 9.47 Å². The van der Waals surface area contributed by atoms with Crippen LogP contribution in [-0.4, -0.2) is 35.8 Å². The van der Waals surface area contributed by atoms with Crippen molar-refractivity contribution >= 4 is 35.8 Å². The Morgan fingerprint density at radius 2 is 1.34 bits per heavy atom. The molecule has 0 radical (unpaired) electrons. The van der Waals surface area contributed by atoms with Gasteiger partial charge in [-0.3, -0.25) is 0 Å². The third-order valence-corrected chi connectivity index (χ3v) is 4.93. The van der Waals surface area contributed by atoms with Gasteiger partial charge in [0, 0.05) is 5.57 Å². The Morgan fingerprint density at radius 1 is 0.771 bits per heavy atom. The van der Waals surface area contributed by atoms with Crippen LogP contribution >= 0.6 is 0 Å². The molecular weight excluding hydrogens is 460 g/mol. The SMILES string of the molecule is C=CC1=C(/C=C(\C)C(=O)Oc2ccc(OC(=O)c3ccc4c(c3)C(=O)OC4=O)cc2)C(=O)OC1=O. The maximum absolute atomic E-state index is 12.4. The summed E-state index contributed by atoms with van der Waals surface area (Å²) >= 11 is 0. The minimum atomic E-state index is -0.893. The second kappa shape index (κ2) is 9.02. The van der Waals surface area contributed by atoms with Gasteiger partial charge in [-0.15, -0.1) is 0 Å². The first kappa shape index (κ1) is 23.1. The van der Waals surface area contributed by atoms with Gasteiger partial charge in [0.15, 0.2) is 0 Å². The number of ether oxygens (including phenoxy) is 4. The summed E-state index contributed by atoms with van der Waals surface area (Å²) in [4.78, 5) is 71.2. The topological polar surface area (TPSA) is 139 Å². The number of hydrogen-bond acceptors (Lipinski definition) is 10. The summed E-state index contributed by atoms with van der Waals surface area (Å²) in [6.07, 6.45) is 2.33. The Morgan fingerprint density at radius 3 is 2.00 bits per heavy atom. The van der Waals surface area contributed by atoms with E-state index < -0.39 is 35.8 Å². The number of benzene rings is 2. The van der Waals surface area contributed by atoms with Gasteiger partial charge in [-0.25, -0.2) is 28.8 Å². The maximum atomic E-state index is 12.4. The van der Waals surface area contributed by atoms with Crippen LogP contribution in [0.1, 0.15) is 38.0 Å². The molecule has 174 valence electrons. The van der Waals surface area contributed by atoms with Crippen LogP contribution in [0, 0.1) is 0 Å². The lowest BCUT2D eigenvalue weighted by atomic mass is 10.1. The second-order valence-corrected chi connectivity index (χ2v) is 7.22. The van der Waals surface area contributed by atoms with E-state index in [9.17, 15) is 28.8 Å². The average Bonchev–Trinajstić information content (AvgIpc) is 3.27. The fraction of sp³-hybridized carbons (Fsp3) is 0.0400. The molecule has 0 saturated carbocycles. The molecule has 0 fully saturated rings. The van der Waals surface area contributed by atoms with E-state index in [1.54, 1.807) is 0 Å². The van der Waals surface area contributed by atoms with Crippen molar-refractivity contribution in [3.8, 4) is 11.5 Å². The van der Waals surface area contributed by atoms with Gasteiger partial charge in [0.2, 0.25) is 0 Å². The summed E-state index contributed by atoms with van der Waals surface area (Å²) in [5, 5.41) is 0.